The molecule has 2 aliphatic heterocycles. The van der Waals surface area contributed by atoms with Crippen molar-refractivity contribution in [1.82, 2.24) is 38.5 Å². The number of imidazole rings is 2. The summed E-state index contributed by atoms with van der Waals surface area (Å²) >= 11 is 23.7. The lowest BCUT2D eigenvalue weighted by Crippen LogP contribution is -2.49. The molecule has 0 spiro atoms. The van der Waals surface area contributed by atoms with Crippen LogP contribution in [0.25, 0.3) is 43.9 Å². The van der Waals surface area contributed by atoms with Crippen LogP contribution in [0.1, 0.15) is 103 Å². The molecular formula is C67H82Cl6F2N12O9. The van der Waals surface area contributed by atoms with Crippen LogP contribution in [0.15, 0.2) is 82.6 Å². The quantitative estimate of drug-likeness (QED) is 0.0412. The van der Waals surface area contributed by atoms with Crippen LogP contribution in [0.5, 0.6) is 0 Å². The maximum Gasteiger partial charge on any atom is 0.341 e. The smallest absolute Gasteiger partial charge is 0.341 e. The van der Waals surface area contributed by atoms with Crippen LogP contribution in [0, 0.1) is 11.6 Å². The number of rotatable bonds is 24. The van der Waals surface area contributed by atoms with Crippen molar-refractivity contribution >= 4 is 162 Å². The molecule has 21 nitrogen and oxygen atoms in total. The predicted molar refractivity (Wildman–Crippen MR) is 384 cm³/mol. The number of halogens is 8. The topological polar surface area (TPSA) is 237 Å². The Morgan fingerprint density at radius 3 is 1.33 bits per heavy atom. The van der Waals surface area contributed by atoms with Crippen molar-refractivity contribution in [2.24, 2.45) is 14.1 Å². The summed E-state index contributed by atoms with van der Waals surface area (Å²) in [6.07, 6.45) is 9.54. The number of nitrogens with zero attached hydrogens (tertiary/aromatic N) is 11. The summed E-state index contributed by atoms with van der Waals surface area (Å²) in [4.78, 5) is 91.4. The van der Waals surface area contributed by atoms with Crippen molar-refractivity contribution in [2.45, 2.75) is 83.7 Å². The number of aromatic nitrogens is 6. The highest BCUT2D eigenvalue weighted by atomic mass is 35.5. The standard InChI is InChI=1S/C33H37Cl2FN6O4.C17H18FN3O3.C16H21Cl2N3O2.CH4.2ClH/c1-38-27-8-7-22(39(11-9-34)12-10-35)17-26(27)37-30(38)3-2-4-31(43)41-15-13-40(14-16-41)29-19-28-23(18-25(29)36)32(44)24(33(45)46)20-42(28)21-5-6-21;18-13-7-11-14(8-15(13)20-5-3-19-4-6-20)21(10-1-2-10)9-12(16(11)22)17(23)24;1-20-14-6-5-12(21(9-7-17)10-8-18)11-13(14)19-15(20)3-2-4-16(22)23;;;/h7-8,17-21H,2-6,9-16H2,1H3,(H,45,46);7-10,19H,1-6H2,(H,23,24);5-6,11H,2-4,7-10H2,1H3,(H,22,23);1H4;2*1H. The number of carbonyl (C=O) groups excluding carboxylic acids is 1. The zero-order valence-electron chi connectivity index (χ0n) is 52.8. The van der Waals surface area contributed by atoms with Gasteiger partial charge < -0.3 is 63.4 Å². The van der Waals surface area contributed by atoms with Gasteiger partial charge in [-0.25, -0.2) is 28.3 Å². The lowest BCUT2D eigenvalue weighted by molar-refractivity contribution is -0.137. The van der Waals surface area contributed by atoms with Crippen molar-refractivity contribution in [3.8, 4) is 0 Å². The fraction of sp³-hybridized carbons (Fsp3) is 0.463. The molecule has 0 bridgehead atoms. The monoisotopic (exact) mass is 1450 g/mol. The van der Waals surface area contributed by atoms with Crippen molar-refractivity contribution in [2.75, 3.05) is 122 Å². The predicted octanol–water partition coefficient (Wildman–Crippen LogP) is 11.3. The van der Waals surface area contributed by atoms with Gasteiger partial charge in [0.25, 0.3) is 0 Å². The first-order valence-electron chi connectivity index (χ1n) is 31.4. The lowest BCUT2D eigenvalue weighted by Gasteiger charge is -2.36. The Balaban J connectivity index is 0.000000220. The van der Waals surface area contributed by atoms with E-state index in [2.05, 4.69) is 42.9 Å². The van der Waals surface area contributed by atoms with Crippen LogP contribution in [0.4, 0.5) is 31.5 Å². The van der Waals surface area contributed by atoms with Crippen LogP contribution in [-0.2, 0) is 36.5 Å². The first-order chi connectivity index (χ1) is 44.8. The maximum absolute atomic E-state index is 15.4. The van der Waals surface area contributed by atoms with E-state index in [1.54, 1.807) is 16.7 Å². The number of carbonyl (C=O) groups is 4. The number of aliphatic carboxylic acids is 1. The zero-order valence-corrected chi connectivity index (χ0v) is 57.4. The van der Waals surface area contributed by atoms with Crippen LogP contribution in [-0.4, -0.2) is 174 Å². The molecule has 4 aromatic carbocycles. The van der Waals surface area contributed by atoms with Crippen LogP contribution in [0.3, 0.4) is 0 Å². The number of amides is 1. The van der Waals surface area contributed by atoms with Gasteiger partial charge in [0, 0.05) is 188 Å². The molecular weight excluding hydrogens is 1370 g/mol. The molecule has 0 atom stereocenters. The third kappa shape index (κ3) is 17.6. The molecule has 4 aliphatic rings. The summed E-state index contributed by atoms with van der Waals surface area (Å²) in [7, 11) is 3.95. The number of anilines is 4. The summed E-state index contributed by atoms with van der Waals surface area (Å²) in [5, 5.41) is 30.9. The minimum Gasteiger partial charge on any atom is -0.481 e. The van der Waals surface area contributed by atoms with Gasteiger partial charge >= 0.3 is 17.9 Å². The molecule has 6 heterocycles. The van der Waals surface area contributed by atoms with Gasteiger partial charge in [-0.05, 0) is 99.2 Å². The fourth-order valence-electron chi connectivity index (χ4n) is 12.3. The zero-order chi connectivity index (χ0) is 66.2. The number of nitrogens with one attached hydrogen (secondary N) is 1. The van der Waals surface area contributed by atoms with Gasteiger partial charge in [0.15, 0.2) is 0 Å². The molecule has 1 amide bonds. The van der Waals surface area contributed by atoms with Gasteiger partial charge in [0.05, 0.1) is 44.5 Å². The summed E-state index contributed by atoms with van der Waals surface area (Å²) in [5.74, 6) is -0.456. The normalized spacial score (nSPS) is 14.5. The van der Waals surface area contributed by atoms with Crippen LogP contribution in [0.2, 0.25) is 0 Å². The molecule has 29 heteroatoms. The second kappa shape index (κ2) is 34.4. The number of carboxylic acids is 3. The van der Waals surface area contributed by atoms with Crippen molar-refractivity contribution in [1.29, 1.82) is 0 Å². The number of aromatic carboxylic acids is 2. The van der Waals surface area contributed by atoms with E-state index in [1.165, 1.54) is 18.5 Å². The molecule has 4 fully saturated rings. The van der Waals surface area contributed by atoms with Gasteiger partial charge in [-0.15, -0.1) is 71.2 Å². The largest absolute Gasteiger partial charge is 0.481 e. The highest BCUT2D eigenvalue weighted by Crippen LogP contribution is 2.40. The fourth-order valence-corrected chi connectivity index (χ4v) is 13.2. The average molecular weight is 1450 g/mol. The molecule has 0 radical (unpaired) electrons. The van der Waals surface area contributed by atoms with E-state index in [9.17, 15) is 43.4 Å². The van der Waals surface area contributed by atoms with Gasteiger partial charge in [-0.1, -0.05) is 7.43 Å². The Hall–Kier alpha value is -7.12. The van der Waals surface area contributed by atoms with Gasteiger partial charge in [0.1, 0.15) is 34.4 Å². The number of hydrogen-bond acceptors (Lipinski definition) is 13. The molecule has 4 aromatic heterocycles. The second-order valence-corrected chi connectivity index (χ2v) is 25.2. The highest BCUT2D eigenvalue weighted by Gasteiger charge is 2.31. The number of hydrogen-bond donors (Lipinski definition) is 4. The van der Waals surface area contributed by atoms with Gasteiger partial charge in [0.2, 0.25) is 16.8 Å². The number of alkyl halides is 4. The molecule has 2 saturated heterocycles. The molecule has 12 rings (SSSR count). The van der Waals surface area contributed by atoms with Crippen LogP contribution >= 0.6 is 71.2 Å². The van der Waals surface area contributed by atoms with Crippen molar-refractivity contribution in [3.05, 3.63) is 128 Å². The van der Waals surface area contributed by atoms with Crippen LogP contribution < -0.4 is 35.8 Å². The number of fused-ring (bicyclic) bond motifs is 4. The minimum absolute atomic E-state index is 0. The number of aryl methyl sites for hydroxylation is 4. The summed E-state index contributed by atoms with van der Waals surface area (Å²) in [6, 6.07) is 18.3. The number of benzene rings is 4. The van der Waals surface area contributed by atoms with E-state index in [4.69, 9.17) is 56.5 Å². The number of piperazine rings is 2. The van der Waals surface area contributed by atoms with E-state index in [0.29, 0.717) is 130 Å². The Kier molecular flexibility index (Phi) is 27.3. The van der Waals surface area contributed by atoms with E-state index in [-0.39, 0.29) is 78.6 Å². The summed E-state index contributed by atoms with van der Waals surface area (Å²) in [5.41, 5.74) is 5.96. The molecule has 520 valence electrons. The highest BCUT2D eigenvalue weighted by molar-refractivity contribution is 6.19. The SMILES string of the molecule is C.Cl.Cl.Cn1c(CCCC(=O)N2CCN(c3cc4c(cc3F)c(=O)c(C(=O)O)cn4C3CC3)CC2)nc2cc(N(CCCl)CCCl)ccc21.Cn1c(CCCC(=O)O)nc2cc(N(CCCl)CCCl)ccc21.O=C(O)c1cn(C2CC2)c2cc(N3CCNCC3)c(F)cc2c1=O. The first-order valence-corrected chi connectivity index (χ1v) is 33.5. The Morgan fingerprint density at radius 1 is 0.562 bits per heavy atom. The third-order valence-corrected chi connectivity index (χ3v) is 18.3. The van der Waals surface area contributed by atoms with Gasteiger partial charge in [-0.2, -0.15) is 0 Å². The Labute approximate surface area is 587 Å². The van der Waals surface area contributed by atoms with E-state index < -0.39 is 40.4 Å². The van der Waals surface area contributed by atoms with Crippen molar-refractivity contribution < 1.29 is 43.3 Å². The number of carboxylic acid groups (broad SMARTS) is 3. The minimum atomic E-state index is -1.32. The molecule has 4 N–H and O–H groups in total. The number of pyridine rings is 2. The molecule has 8 aromatic rings. The second-order valence-electron chi connectivity index (χ2n) is 23.7. The van der Waals surface area contributed by atoms with E-state index >= 15 is 4.39 Å². The van der Waals surface area contributed by atoms with E-state index in [1.807, 2.05) is 56.1 Å². The lowest BCUT2D eigenvalue weighted by atomic mass is 10.1. The summed E-state index contributed by atoms with van der Waals surface area (Å²) < 4.78 is 37.7. The van der Waals surface area contributed by atoms with Gasteiger partial charge in [-0.3, -0.25) is 19.2 Å². The van der Waals surface area contributed by atoms with Crippen molar-refractivity contribution in [3.63, 3.8) is 0 Å². The molecule has 2 aliphatic carbocycles. The first kappa shape index (κ1) is 76.2. The molecule has 2 saturated carbocycles. The summed E-state index contributed by atoms with van der Waals surface area (Å²) in [6.45, 7) is 7.65. The maximum atomic E-state index is 15.4. The third-order valence-electron chi connectivity index (χ3n) is 17.6. The Bertz CT molecular complexity index is 4190. The molecule has 0 unspecified atom stereocenters. The van der Waals surface area contributed by atoms with E-state index in [0.717, 1.165) is 103 Å². The molecule has 96 heavy (non-hydrogen) atoms. The average Bonchev–Trinajstić information content (AvgIpc) is 1.14. The Morgan fingerprint density at radius 2 is 0.958 bits per heavy atom.